The number of aliphatic hydroxyl groups excluding tert-OH is 1. The summed E-state index contributed by atoms with van der Waals surface area (Å²) < 4.78 is 5.26. The van der Waals surface area contributed by atoms with Crippen molar-refractivity contribution in [1.82, 2.24) is 14.8 Å². The standard InChI is InChI=1S/C25H26ClN3O4/c1-28(2)11-6-12-29-22(17-14-27-19-8-5-4-7-16(17)19)21(24(31)25(29)32)23(30)15-9-10-18(26)20(13-15)33-3/h4-5,7-10,13-14,22,27,30H,6,11-12H2,1-3H3/b23-21+. The number of fused-ring (bicyclic) bond motifs is 1. The van der Waals surface area contributed by atoms with Crippen LogP contribution in [0.25, 0.3) is 16.7 Å². The van der Waals surface area contributed by atoms with Gasteiger partial charge in [-0.05, 0) is 51.3 Å². The molecule has 8 heteroatoms. The second-order valence-electron chi connectivity index (χ2n) is 8.29. The number of rotatable bonds is 7. The van der Waals surface area contributed by atoms with Crippen LogP contribution in [-0.2, 0) is 9.59 Å². The fourth-order valence-electron chi connectivity index (χ4n) is 4.27. The lowest BCUT2D eigenvalue weighted by atomic mass is 9.95. The van der Waals surface area contributed by atoms with E-state index in [-0.39, 0.29) is 11.3 Å². The number of aromatic amines is 1. The van der Waals surface area contributed by atoms with E-state index in [1.165, 1.54) is 7.11 Å². The van der Waals surface area contributed by atoms with Crippen LogP contribution in [0, 0.1) is 0 Å². The van der Waals surface area contributed by atoms with E-state index in [1.54, 1.807) is 29.3 Å². The number of methoxy groups -OCH3 is 1. The molecular weight excluding hydrogens is 442 g/mol. The van der Waals surface area contributed by atoms with Crippen molar-refractivity contribution < 1.29 is 19.4 Å². The van der Waals surface area contributed by atoms with Gasteiger partial charge in [0.25, 0.3) is 11.7 Å². The van der Waals surface area contributed by atoms with Gasteiger partial charge in [0.1, 0.15) is 11.5 Å². The molecule has 1 saturated heterocycles. The van der Waals surface area contributed by atoms with Gasteiger partial charge in [-0.3, -0.25) is 9.59 Å². The molecule has 3 aromatic rings. The summed E-state index contributed by atoms with van der Waals surface area (Å²) in [7, 11) is 5.39. The first-order valence-electron chi connectivity index (χ1n) is 10.7. The topological polar surface area (TPSA) is 85.9 Å². The van der Waals surface area contributed by atoms with Gasteiger partial charge in [0.05, 0.1) is 23.7 Å². The predicted molar refractivity (Wildman–Crippen MR) is 128 cm³/mol. The van der Waals surface area contributed by atoms with E-state index < -0.39 is 17.7 Å². The molecule has 2 aromatic carbocycles. The lowest BCUT2D eigenvalue weighted by Gasteiger charge is -2.25. The van der Waals surface area contributed by atoms with Crippen LogP contribution in [0.3, 0.4) is 0 Å². The molecule has 0 spiro atoms. The van der Waals surface area contributed by atoms with Gasteiger partial charge in [-0.25, -0.2) is 0 Å². The molecule has 0 bridgehead atoms. The Morgan fingerprint density at radius 2 is 1.97 bits per heavy atom. The number of aromatic nitrogens is 1. The van der Waals surface area contributed by atoms with Crippen molar-refractivity contribution in [3.05, 3.63) is 70.4 Å². The van der Waals surface area contributed by atoms with Gasteiger partial charge >= 0.3 is 0 Å². The molecule has 7 nitrogen and oxygen atoms in total. The van der Waals surface area contributed by atoms with Crippen molar-refractivity contribution in [2.24, 2.45) is 0 Å². The number of ether oxygens (including phenoxy) is 1. The predicted octanol–water partition coefficient (Wildman–Crippen LogP) is 4.20. The number of H-pyrrole nitrogens is 1. The van der Waals surface area contributed by atoms with Crippen LogP contribution >= 0.6 is 11.6 Å². The second kappa shape index (κ2) is 9.29. The molecule has 2 heterocycles. The number of halogens is 1. The van der Waals surface area contributed by atoms with Crippen molar-refractivity contribution in [2.45, 2.75) is 12.5 Å². The van der Waals surface area contributed by atoms with Gasteiger partial charge in [0.15, 0.2) is 0 Å². The zero-order chi connectivity index (χ0) is 23.7. The molecule has 1 unspecified atom stereocenters. The van der Waals surface area contributed by atoms with E-state index in [1.807, 2.05) is 43.3 Å². The summed E-state index contributed by atoms with van der Waals surface area (Å²) >= 11 is 6.13. The Morgan fingerprint density at radius 3 is 2.70 bits per heavy atom. The van der Waals surface area contributed by atoms with E-state index >= 15 is 0 Å². The van der Waals surface area contributed by atoms with Gasteiger partial charge < -0.3 is 24.6 Å². The maximum atomic E-state index is 13.2. The molecule has 0 aliphatic carbocycles. The highest BCUT2D eigenvalue weighted by molar-refractivity contribution is 6.46. The second-order valence-corrected chi connectivity index (χ2v) is 8.70. The van der Waals surface area contributed by atoms with Crippen LogP contribution in [0.4, 0.5) is 0 Å². The highest BCUT2D eigenvalue weighted by Crippen LogP contribution is 2.42. The smallest absolute Gasteiger partial charge is 0.295 e. The molecule has 1 aromatic heterocycles. The van der Waals surface area contributed by atoms with Gasteiger partial charge in [0.2, 0.25) is 0 Å². The van der Waals surface area contributed by atoms with Crippen LogP contribution < -0.4 is 4.74 Å². The molecule has 1 fully saturated rings. The lowest BCUT2D eigenvalue weighted by molar-refractivity contribution is -0.139. The van der Waals surface area contributed by atoms with E-state index in [2.05, 4.69) is 4.98 Å². The van der Waals surface area contributed by atoms with Crippen LogP contribution in [0.1, 0.15) is 23.6 Å². The zero-order valence-electron chi connectivity index (χ0n) is 18.8. The Balaban J connectivity index is 1.87. The van der Waals surface area contributed by atoms with Crippen molar-refractivity contribution in [3.63, 3.8) is 0 Å². The third kappa shape index (κ3) is 4.21. The molecule has 1 aliphatic heterocycles. The molecule has 2 N–H and O–H groups in total. The van der Waals surface area contributed by atoms with E-state index in [0.29, 0.717) is 29.3 Å². The first-order valence-corrected chi connectivity index (χ1v) is 11.0. The van der Waals surface area contributed by atoms with Crippen molar-refractivity contribution in [3.8, 4) is 5.75 Å². The summed E-state index contributed by atoms with van der Waals surface area (Å²) in [6, 6.07) is 11.7. The number of hydrogen-bond donors (Lipinski definition) is 2. The van der Waals surface area contributed by atoms with Crippen LogP contribution in [-0.4, -0.2) is 65.9 Å². The van der Waals surface area contributed by atoms with E-state index in [9.17, 15) is 14.7 Å². The molecule has 1 atom stereocenters. The van der Waals surface area contributed by atoms with E-state index in [0.717, 1.165) is 23.0 Å². The van der Waals surface area contributed by atoms with Crippen LogP contribution in [0.5, 0.6) is 5.75 Å². The number of Topliss-reactive ketones (excluding diaryl/α,β-unsaturated/α-hetero) is 1. The molecule has 1 amide bonds. The Labute approximate surface area is 197 Å². The van der Waals surface area contributed by atoms with Crippen molar-refractivity contribution in [2.75, 3.05) is 34.3 Å². The number of benzene rings is 2. The number of aliphatic hydroxyl groups is 1. The Hall–Kier alpha value is -3.29. The van der Waals surface area contributed by atoms with Gasteiger partial charge in [-0.1, -0.05) is 29.8 Å². The highest BCUT2D eigenvalue weighted by atomic mass is 35.5. The maximum Gasteiger partial charge on any atom is 0.295 e. The van der Waals surface area contributed by atoms with Crippen molar-refractivity contribution in [1.29, 1.82) is 0 Å². The summed E-state index contributed by atoms with van der Waals surface area (Å²) in [6.07, 6.45) is 2.49. The quantitative estimate of drug-likeness (QED) is 0.309. The number of para-hydroxylation sites is 1. The minimum Gasteiger partial charge on any atom is -0.507 e. The van der Waals surface area contributed by atoms with Crippen LogP contribution in [0.15, 0.2) is 54.2 Å². The highest BCUT2D eigenvalue weighted by Gasteiger charge is 2.46. The molecule has 4 rings (SSSR count). The van der Waals surface area contributed by atoms with E-state index in [4.69, 9.17) is 16.3 Å². The number of hydrogen-bond acceptors (Lipinski definition) is 5. The normalized spacial score (nSPS) is 18.0. The van der Waals surface area contributed by atoms with Gasteiger partial charge in [0, 0.05) is 34.8 Å². The maximum absolute atomic E-state index is 13.2. The summed E-state index contributed by atoms with van der Waals surface area (Å²) in [5.74, 6) is -1.22. The van der Waals surface area contributed by atoms with Crippen LogP contribution in [0.2, 0.25) is 5.02 Å². The number of nitrogens with zero attached hydrogens (tertiary/aromatic N) is 2. The third-order valence-corrected chi connectivity index (χ3v) is 6.20. The fraction of sp³-hybridized carbons (Fsp3) is 0.280. The largest absolute Gasteiger partial charge is 0.507 e. The Kier molecular flexibility index (Phi) is 6.44. The number of carbonyl (C=O) groups excluding carboxylic acids is 2. The first kappa shape index (κ1) is 22.9. The molecule has 0 radical (unpaired) electrons. The summed E-state index contributed by atoms with van der Waals surface area (Å²) in [6.45, 7) is 1.14. The lowest BCUT2D eigenvalue weighted by Crippen LogP contribution is -2.32. The number of nitrogens with one attached hydrogen (secondary N) is 1. The number of likely N-dealkylation sites (tertiary alicyclic amines) is 1. The number of ketones is 1. The molecule has 33 heavy (non-hydrogen) atoms. The Morgan fingerprint density at radius 1 is 1.21 bits per heavy atom. The third-order valence-electron chi connectivity index (χ3n) is 5.88. The molecular formula is C25H26ClN3O4. The average Bonchev–Trinajstić information content (AvgIpc) is 3.33. The first-order chi connectivity index (χ1) is 15.8. The average molecular weight is 468 g/mol. The Bertz CT molecular complexity index is 1250. The van der Waals surface area contributed by atoms with Gasteiger partial charge in [-0.15, -0.1) is 0 Å². The minimum absolute atomic E-state index is 0.0546. The SMILES string of the molecule is COc1cc(/C(O)=C2\C(=O)C(=O)N(CCCN(C)C)C2c2c[nH]c3ccccc23)ccc1Cl. The molecule has 1 aliphatic rings. The van der Waals surface area contributed by atoms with Crippen molar-refractivity contribution >= 4 is 40.0 Å². The fourth-order valence-corrected chi connectivity index (χ4v) is 4.47. The van der Waals surface area contributed by atoms with Gasteiger partial charge in [-0.2, -0.15) is 0 Å². The minimum atomic E-state index is -0.718. The zero-order valence-corrected chi connectivity index (χ0v) is 19.5. The summed E-state index contributed by atoms with van der Waals surface area (Å²) in [4.78, 5) is 33.1. The summed E-state index contributed by atoms with van der Waals surface area (Å²) in [5.41, 5.74) is 2.06. The number of carbonyl (C=O) groups is 2. The molecule has 172 valence electrons. The molecule has 0 saturated carbocycles. The summed E-state index contributed by atoms with van der Waals surface area (Å²) in [5, 5.41) is 12.5. The number of amides is 1. The monoisotopic (exact) mass is 467 g/mol.